The number of pyridine rings is 1. The normalized spacial score (nSPS) is 14.2. The molecule has 0 spiro atoms. The molecule has 2 amide bonds. The zero-order valence-electron chi connectivity index (χ0n) is 16.8. The Balaban J connectivity index is 0.000000396. The van der Waals surface area contributed by atoms with Gasteiger partial charge in [-0.25, -0.2) is 4.79 Å². The Labute approximate surface area is 171 Å². The molecule has 1 aliphatic heterocycles. The van der Waals surface area contributed by atoms with Crippen LogP contribution in [0, 0.1) is 13.8 Å². The van der Waals surface area contributed by atoms with Crippen LogP contribution in [-0.4, -0.2) is 70.0 Å². The second-order valence-corrected chi connectivity index (χ2v) is 6.92. The number of piperazine rings is 1. The quantitative estimate of drug-likeness (QED) is 0.759. The number of aliphatic carboxylic acids is 1. The smallest absolute Gasteiger partial charge is 0.475 e. The Morgan fingerprint density at radius 2 is 1.53 bits per heavy atom. The maximum absolute atomic E-state index is 12.8. The van der Waals surface area contributed by atoms with Gasteiger partial charge in [-0.1, -0.05) is 11.6 Å². The van der Waals surface area contributed by atoms with Crippen LogP contribution in [0.4, 0.5) is 13.2 Å². The van der Waals surface area contributed by atoms with Crippen LogP contribution in [0.2, 0.25) is 0 Å². The Bertz CT molecular complexity index is 968. The molecular formula is C20H22F3N3O4. The lowest BCUT2D eigenvalue weighted by Crippen LogP contribution is -2.50. The van der Waals surface area contributed by atoms with E-state index in [1.807, 2.05) is 43.0 Å². The largest absolute Gasteiger partial charge is 0.490 e. The molecule has 162 valence electrons. The van der Waals surface area contributed by atoms with Crippen molar-refractivity contribution in [2.24, 2.45) is 0 Å². The first-order valence-electron chi connectivity index (χ1n) is 9.13. The molecule has 0 radical (unpaired) electrons. The fourth-order valence-corrected chi connectivity index (χ4v) is 3.00. The van der Waals surface area contributed by atoms with Crippen molar-refractivity contribution < 1.29 is 32.7 Å². The number of carbonyl (C=O) groups excluding carboxylic acids is 2. The van der Waals surface area contributed by atoms with E-state index in [4.69, 9.17) is 9.90 Å². The highest BCUT2D eigenvalue weighted by Crippen LogP contribution is 2.20. The molecule has 1 aliphatic rings. The highest BCUT2D eigenvalue weighted by Gasteiger charge is 2.38. The summed E-state index contributed by atoms with van der Waals surface area (Å²) in [6, 6.07) is 7.99. The van der Waals surface area contributed by atoms with Gasteiger partial charge < -0.3 is 14.9 Å². The standard InChI is InChI=1S/C18H21N3O2.C2HF3O2/c1-12-4-5-17-15(10-12)11-16(13(2)19-17)18(23)21-8-6-20(7-9-21)14(3)22;3-2(4,5)1(6)7/h4-5,10-11H,6-9H2,1-3H3;(H,6,7). The van der Waals surface area contributed by atoms with Crippen molar-refractivity contribution in [1.29, 1.82) is 0 Å². The number of benzene rings is 1. The topological polar surface area (TPSA) is 90.8 Å². The van der Waals surface area contributed by atoms with Crippen molar-refractivity contribution in [2.75, 3.05) is 26.2 Å². The van der Waals surface area contributed by atoms with Crippen LogP contribution in [-0.2, 0) is 9.59 Å². The molecule has 7 nitrogen and oxygen atoms in total. The van der Waals surface area contributed by atoms with Crippen molar-refractivity contribution >= 4 is 28.7 Å². The number of hydrogen-bond donors (Lipinski definition) is 1. The van der Waals surface area contributed by atoms with E-state index in [0.29, 0.717) is 31.7 Å². The van der Waals surface area contributed by atoms with Gasteiger partial charge in [-0.15, -0.1) is 0 Å². The Hall–Kier alpha value is -3.17. The number of rotatable bonds is 1. The first-order valence-corrected chi connectivity index (χ1v) is 9.13. The molecule has 30 heavy (non-hydrogen) atoms. The summed E-state index contributed by atoms with van der Waals surface area (Å²) in [7, 11) is 0. The van der Waals surface area contributed by atoms with Crippen LogP contribution >= 0.6 is 0 Å². The number of aromatic nitrogens is 1. The summed E-state index contributed by atoms with van der Waals surface area (Å²) in [4.78, 5) is 41.2. The van der Waals surface area contributed by atoms with Gasteiger partial charge in [-0.2, -0.15) is 13.2 Å². The van der Waals surface area contributed by atoms with Crippen molar-refractivity contribution in [3.05, 3.63) is 41.1 Å². The van der Waals surface area contributed by atoms with Crippen molar-refractivity contribution in [3.63, 3.8) is 0 Å². The molecule has 0 bridgehead atoms. The maximum Gasteiger partial charge on any atom is 0.490 e. The zero-order valence-corrected chi connectivity index (χ0v) is 16.8. The van der Waals surface area contributed by atoms with Crippen LogP contribution < -0.4 is 0 Å². The number of hydrogen-bond acceptors (Lipinski definition) is 4. The van der Waals surface area contributed by atoms with Crippen molar-refractivity contribution in [2.45, 2.75) is 26.9 Å². The van der Waals surface area contributed by atoms with Crippen LogP contribution in [0.1, 0.15) is 28.5 Å². The van der Waals surface area contributed by atoms with E-state index in [9.17, 15) is 22.8 Å². The van der Waals surface area contributed by atoms with E-state index in [0.717, 1.165) is 22.2 Å². The van der Waals surface area contributed by atoms with Crippen LogP contribution in [0.5, 0.6) is 0 Å². The number of nitrogens with zero attached hydrogens (tertiary/aromatic N) is 3. The van der Waals surface area contributed by atoms with E-state index in [1.54, 1.807) is 11.8 Å². The molecule has 2 heterocycles. The van der Waals surface area contributed by atoms with E-state index >= 15 is 0 Å². The predicted octanol–water partition coefficient (Wildman–Crippen LogP) is 2.79. The van der Waals surface area contributed by atoms with Crippen molar-refractivity contribution in [3.8, 4) is 0 Å². The molecular weight excluding hydrogens is 403 g/mol. The first kappa shape index (κ1) is 23.1. The average molecular weight is 425 g/mol. The lowest BCUT2D eigenvalue weighted by atomic mass is 10.1. The van der Waals surface area contributed by atoms with E-state index in [1.165, 1.54) is 0 Å². The molecule has 1 fully saturated rings. The summed E-state index contributed by atoms with van der Waals surface area (Å²) in [5.41, 5.74) is 3.46. The van der Waals surface area contributed by atoms with Gasteiger partial charge in [0.2, 0.25) is 5.91 Å². The molecule has 0 saturated carbocycles. The number of halogens is 3. The van der Waals surface area contributed by atoms with Crippen LogP contribution in [0.25, 0.3) is 10.9 Å². The van der Waals surface area contributed by atoms with Crippen molar-refractivity contribution in [1.82, 2.24) is 14.8 Å². The number of alkyl halides is 3. The Morgan fingerprint density at radius 1 is 1.00 bits per heavy atom. The summed E-state index contributed by atoms with van der Waals surface area (Å²) in [6.45, 7) is 7.81. The van der Waals surface area contributed by atoms with Gasteiger partial charge >= 0.3 is 12.1 Å². The molecule has 0 unspecified atom stereocenters. The summed E-state index contributed by atoms with van der Waals surface area (Å²) in [5.74, 6) is -2.69. The summed E-state index contributed by atoms with van der Waals surface area (Å²) < 4.78 is 31.7. The van der Waals surface area contributed by atoms with Gasteiger partial charge in [0.05, 0.1) is 16.8 Å². The highest BCUT2D eigenvalue weighted by molar-refractivity contribution is 5.98. The third kappa shape index (κ3) is 5.68. The summed E-state index contributed by atoms with van der Waals surface area (Å²) in [5, 5.41) is 8.11. The molecule has 1 aromatic heterocycles. The Kier molecular flexibility index (Phi) is 7.01. The minimum absolute atomic E-state index is 0.00149. The summed E-state index contributed by atoms with van der Waals surface area (Å²) >= 11 is 0. The summed E-state index contributed by atoms with van der Waals surface area (Å²) in [6.07, 6.45) is -5.08. The molecule has 0 aliphatic carbocycles. The Morgan fingerprint density at radius 3 is 2.03 bits per heavy atom. The van der Waals surface area contributed by atoms with Gasteiger partial charge in [0, 0.05) is 38.5 Å². The number of aryl methyl sites for hydroxylation is 2. The van der Waals surface area contributed by atoms with Gasteiger partial charge in [-0.3, -0.25) is 14.6 Å². The fourth-order valence-electron chi connectivity index (χ4n) is 3.00. The SMILES string of the molecule is CC(=O)N1CCN(C(=O)c2cc3cc(C)ccc3nc2C)CC1.O=C(O)C(F)(F)F. The number of amides is 2. The van der Waals surface area contributed by atoms with Crippen LogP contribution in [0.3, 0.4) is 0 Å². The van der Waals surface area contributed by atoms with Crippen LogP contribution in [0.15, 0.2) is 24.3 Å². The lowest BCUT2D eigenvalue weighted by molar-refractivity contribution is -0.192. The van der Waals surface area contributed by atoms with E-state index < -0.39 is 12.1 Å². The molecule has 2 aromatic rings. The minimum atomic E-state index is -5.08. The number of carboxylic acid groups (broad SMARTS) is 1. The third-order valence-corrected chi connectivity index (χ3v) is 4.65. The second kappa shape index (κ2) is 9.10. The molecule has 3 rings (SSSR count). The fraction of sp³-hybridized carbons (Fsp3) is 0.400. The molecule has 0 atom stereocenters. The van der Waals surface area contributed by atoms with Gasteiger partial charge in [0.25, 0.3) is 5.91 Å². The predicted molar refractivity (Wildman–Crippen MR) is 103 cm³/mol. The molecule has 1 N–H and O–H groups in total. The third-order valence-electron chi connectivity index (χ3n) is 4.65. The maximum atomic E-state index is 12.8. The highest BCUT2D eigenvalue weighted by atomic mass is 19.4. The first-order chi connectivity index (χ1) is 13.9. The molecule has 1 saturated heterocycles. The zero-order chi connectivity index (χ0) is 22.6. The van der Waals surface area contributed by atoms with Gasteiger partial charge in [-0.05, 0) is 32.0 Å². The average Bonchev–Trinajstić information content (AvgIpc) is 2.67. The van der Waals surface area contributed by atoms with E-state index in [2.05, 4.69) is 4.98 Å². The minimum Gasteiger partial charge on any atom is -0.475 e. The lowest BCUT2D eigenvalue weighted by Gasteiger charge is -2.34. The number of fused-ring (bicyclic) bond motifs is 1. The number of carboxylic acids is 1. The van der Waals surface area contributed by atoms with Gasteiger partial charge in [0.1, 0.15) is 0 Å². The monoisotopic (exact) mass is 425 g/mol. The molecule has 10 heteroatoms. The second-order valence-electron chi connectivity index (χ2n) is 6.92. The number of carbonyl (C=O) groups is 3. The van der Waals surface area contributed by atoms with Gasteiger partial charge in [0.15, 0.2) is 0 Å². The molecule has 1 aromatic carbocycles. The van der Waals surface area contributed by atoms with E-state index in [-0.39, 0.29) is 11.8 Å².